The number of nitrogens with zero attached hydrogens (tertiary/aromatic N) is 4. The van der Waals surface area contributed by atoms with Crippen LogP contribution >= 0.6 is 22.9 Å². The van der Waals surface area contributed by atoms with Crippen LogP contribution in [0.25, 0.3) is 16.5 Å². The molecule has 1 N–H and O–H groups in total. The van der Waals surface area contributed by atoms with Gasteiger partial charge < -0.3 is 9.52 Å². The molecule has 1 aromatic carbocycles. The van der Waals surface area contributed by atoms with Crippen LogP contribution in [0, 0.1) is 5.92 Å². The van der Waals surface area contributed by atoms with Crippen molar-refractivity contribution in [1.82, 2.24) is 19.5 Å². The van der Waals surface area contributed by atoms with Crippen molar-refractivity contribution >= 4 is 27.9 Å². The molecule has 4 aromatic rings. The van der Waals surface area contributed by atoms with E-state index in [1.54, 1.807) is 12.3 Å². The fraction of sp³-hybridized carbons (Fsp3) is 0.333. The zero-order valence-electron chi connectivity index (χ0n) is 16.0. The summed E-state index contributed by atoms with van der Waals surface area (Å²) in [5.74, 6) is 1.81. The standard InChI is InChI=1S/C21H21ClN4O2S/c1-13-4-2-10-25(12-13)17(14-6-8-15(22)9-7-14)18-20(27)26-21(29-18)23-19(24-26)16-5-3-11-28-16/h3,5-9,11,13,17,27H,2,4,10,12H2,1H3/t13-,17-/m0/s1. The highest BCUT2D eigenvalue weighted by Gasteiger charge is 2.32. The molecule has 0 radical (unpaired) electrons. The lowest BCUT2D eigenvalue weighted by Crippen LogP contribution is -2.37. The summed E-state index contributed by atoms with van der Waals surface area (Å²) in [6.45, 7) is 4.25. The van der Waals surface area contributed by atoms with Crippen LogP contribution in [0.2, 0.25) is 5.02 Å². The Morgan fingerprint density at radius 1 is 1.28 bits per heavy atom. The zero-order chi connectivity index (χ0) is 20.0. The van der Waals surface area contributed by atoms with Crippen molar-refractivity contribution in [3.8, 4) is 17.5 Å². The number of hydrogen-bond acceptors (Lipinski definition) is 6. The summed E-state index contributed by atoms with van der Waals surface area (Å²) in [5.41, 5.74) is 1.11. The predicted octanol–water partition coefficient (Wildman–Crippen LogP) is 5.23. The first-order valence-electron chi connectivity index (χ1n) is 9.72. The van der Waals surface area contributed by atoms with Gasteiger partial charge in [0.05, 0.1) is 17.2 Å². The number of fused-ring (bicyclic) bond motifs is 1. The summed E-state index contributed by atoms with van der Waals surface area (Å²) in [5, 5.41) is 16.2. The maximum atomic E-state index is 11.1. The summed E-state index contributed by atoms with van der Waals surface area (Å²) >= 11 is 7.59. The highest BCUT2D eigenvalue weighted by Crippen LogP contribution is 2.42. The molecule has 0 amide bonds. The first-order chi connectivity index (χ1) is 14.1. The normalized spacial score (nSPS) is 19.0. The van der Waals surface area contributed by atoms with Gasteiger partial charge in [-0.2, -0.15) is 9.50 Å². The number of likely N-dealkylation sites (tertiary alicyclic amines) is 1. The monoisotopic (exact) mass is 428 g/mol. The molecule has 29 heavy (non-hydrogen) atoms. The van der Waals surface area contributed by atoms with Crippen LogP contribution in [0.5, 0.6) is 5.88 Å². The molecule has 0 saturated carbocycles. The van der Waals surface area contributed by atoms with Crippen molar-refractivity contribution in [3.05, 3.63) is 58.1 Å². The van der Waals surface area contributed by atoms with Crippen LogP contribution in [-0.4, -0.2) is 37.7 Å². The van der Waals surface area contributed by atoms with Gasteiger partial charge in [0.15, 0.2) is 5.76 Å². The molecule has 8 heteroatoms. The van der Waals surface area contributed by atoms with E-state index in [2.05, 4.69) is 21.9 Å². The van der Waals surface area contributed by atoms with Crippen molar-refractivity contribution in [2.45, 2.75) is 25.8 Å². The van der Waals surface area contributed by atoms with Crippen molar-refractivity contribution < 1.29 is 9.52 Å². The predicted molar refractivity (Wildman–Crippen MR) is 113 cm³/mol. The summed E-state index contributed by atoms with van der Waals surface area (Å²) < 4.78 is 6.90. The Morgan fingerprint density at radius 2 is 2.10 bits per heavy atom. The quantitative estimate of drug-likeness (QED) is 0.482. The third-order valence-corrected chi connectivity index (χ3v) is 6.75. The van der Waals surface area contributed by atoms with Gasteiger partial charge in [-0.15, -0.1) is 5.10 Å². The molecule has 2 atom stereocenters. The van der Waals surface area contributed by atoms with Gasteiger partial charge in [-0.3, -0.25) is 4.90 Å². The van der Waals surface area contributed by atoms with Crippen molar-refractivity contribution in [2.24, 2.45) is 5.92 Å². The minimum atomic E-state index is -0.0596. The molecule has 0 spiro atoms. The number of rotatable bonds is 4. The van der Waals surface area contributed by atoms with Crippen molar-refractivity contribution in [2.75, 3.05) is 13.1 Å². The van der Waals surface area contributed by atoms with Crippen molar-refractivity contribution in [3.63, 3.8) is 0 Å². The van der Waals surface area contributed by atoms with Crippen LogP contribution < -0.4 is 0 Å². The van der Waals surface area contributed by atoms with Gasteiger partial charge in [0, 0.05) is 11.6 Å². The summed E-state index contributed by atoms with van der Waals surface area (Å²) in [4.78, 5) is 8.50. The Balaban J connectivity index is 1.59. The molecular weight excluding hydrogens is 408 g/mol. The Labute approximate surface area is 177 Å². The van der Waals surface area contributed by atoms with E-state index in [0.717, 1.165) is 30.0 Å². The van der Waals surface area contributed by atoms with E-state index >= 15 is 0 Å². The molecule has 0 bridgehead atoms. The van der Waals surface area contributed by atoms with Crippen LogP contribution in [0.1, 0.15) is 36.2 Å². The summed E-state index contributed by atoms with van der Waals surface area (Å²) in [6, 6.07) is 11.4. The summed E-state index contributed by atoms with van der Waals surface area (Å²) in [7, 11) is 0. The van der Waals surface area contributed by atoms with Gasteiger partial charge in [0.2, 0.25) is 16.7 Å². The largest absolute Gasteiger partial charge is 0.492 e. The Kier molecular flexibility index (Phi) is 4.81. The minimum Gasteiger partial charge on any atom is -0.492 e. The van der Waals surface area contributed by atoms with Crippen LogP contribution in [0.3, 0.4) is 0 Å². The van der Waals surface area contributed by atoms with E-state index in [0.29, 0.717) is 27.5 Å². The number of thiazole rings is 1. The molecule has 4 heterocycles. The summed E-state index contributed by atoms with van der Waals surface area (Å²) in [6.07, 6.45) is 3.97. The molecule has 6 nitrogen and oxygen atoms in total. The number of aromatic nitrogens is 3. The van der Waals surface area contributed by atoms with E-state index in [4.69, 9.17) is 16.0 Å². The highest BCUT2D eigenvalue weighted by molar-refractivity contribution is 7.17. The number of piperidine rings is 1. The van der Waals surface area contributed by atoms with E-state index in [1.807, 2.05) is 30.3 Å². The second-order valence-electron chi connectivity index (χ2n) is 7.59. The van der Waals surface area contributed by atoms with Crippen LogP contribution in [-0.2, 0) is 0 Å². The Hall–Kier alpha value is -2.35. The maximum absolute atomic E-state index is 11.1. The fourth-order valence-corrected chi connectivity index (χ4v) is 5.31. The lowest BCUT2D eigenvalue weighted by atomic mass is 9.95. The van der Waals surface area contributed by atoms with Gasteiger partial charge in [-0.05, 0) is 55.1 Å². The van der Waals surface area contributed by atoms with Gasteiger partial charge in [-0.25, -0.2) is 0 Å². The lowest BCUT2D eigenvalue weighted by Gasteiger charge is -2.37. The Bertz CT molecular complexity index is 1120. The number of halogens is 1. The number of hydrogen-bond donors (Lipinski definition) is 1. The third kappa shape index (κ3) is 3.43. The van der Waals surface area contributed by atoms with Crippen molar-refractivity contribution in [1.29, 1.82) is 0 Å². The molecule has 1 fully saturated rings. The van der Waals surface area contributed by atoms with Gasteiger partial charge in [0.25, 0.3) is 0 Å². The maximum Gasteiger partial charge on any atom is 0.230 e. The third-order valence-electron chi connectivity index (χ3n) is 5.43. The van der Waals surface area contributed by atoms with E-state index in [9.17, 15) is 5.11 Å². The van der Waals surface area contributed by atoms with Crippen LogP contribution in [0.15, 0.2) is 47.1 Å². The molecule has 0 unspecified atom stereocenters. The lowest BCUT2D eigenvalue weighted by molar-refractivity contribution is 0.149. The minimum absolute atomic E-state index is 0.0596. The first kappa shape index (κ1) is 18.7. The average Bonchev–Trinajstić information content (AvgIpc) is 3.43. The second-order valence-corrected chi connectivity index (χ2v) is 9.04. The molecule has 1 aliphatic rings. The zero-order valence-corrected chi connectivity index (χ0v) is 17.5. The molecule has 150 valence electrons. The smallest absolute Gasteiger partial charge is 0.230 e. The average molecular weight is 429 g/mol. The molecule has 3 aromatic heterocycles. The second kappa shape index (κ2) is 7.48. The van der Waals surface area contributed by atoms with E-state index < -0.39 is 0 Å². The number of benzene rings is 1. The molecular formula is C21H21ClN4O2S. The van der Waals surface area contributed by atoms with E-state index in [1.165, 1.54) is 22.3 Å². The van der Waals surface area contributed by atoms with Gasteiger partial charge in [-0.1, -0.05) is 42.0 Å². The Morgan fingerprint density at radius 3 is 2.79 bits per heavy atom. The molecule has 1 aliphatic heterocycles. The molecule has 5 rings (SSSR count). The van der Waals surface area contributed by atoms with Gasteiger partial charge in [0.1, 0.15) is 0 Å². The molecule has 0 aliphatic carbocycles. The van der Waals surface area contributed by atoms with Gasteiger partial charge >= 0.3 is 0 Å². The number of aromatic hydroxyl groups is 1. The van der Waals surface area contributed by atoms with Crippen LogP contribution in [0.4, 0.5) is 0 Å². The highest BCUT2D eigenvalue weighted by atomic mass is 35.5. The first-order valence-corrected chi connectivity index (χ1v) is 10.9. The fourth-order valence-electron chi connectivity index (χ4n) is 4.07. The SMILES string of the molecule is C[C@H]1CCCN([C@@H](c2ccc(Cl)cc2)c2sc3nc(-c4ccco4)nn3c2O)C1. The molecule has 1 saturated heterocycles. The number of furan rings is 1. The topological polar surface area (TPSA) is 66.8 Å². The van der Waals surface area contributed by atoms with E-state index in [-0.39, 0.29) is 11.9 Å².